The minimum atomic E-state index is -0.472. The maximum atomic E-state index is 12.3. The van der Waals surface area contributed by atoms with Crippen molar-refractivity contribution in [2.75, 3.05) is 6.61 Å². The topological polar surface area (TPSA) is 64.6 Å². The number of rotatable bonds is 7. The van der Waals surface area contributed by atoms with E-state index < -0.39 is 11.6 Å². The van der Waals surface area contributed by atoms with Gasteiger partial charge in [0, 0.05) is 5.33 Å². The first kappa shape index (κ1) is 19.4. The van der Waals surface area contributed by atoms with E-state index >= 15 is 0 Å². The van der Waals surface area contributed by atoms with Crippen LogP contribution in [0.25, 0.3) is 0 Å². The summed E-state index contributed by atoms with van der Waals surface area (Å²) in [5.41, 5.74) is 2.74. The molecule has 142 valence electrons. The van der Waals surface area contributed by atoms with Gasteiger partial charge in [0.2, 0.25) is 0 Å². The van der Waals surface area contributed by atoms with Crippen LogP contribution in [0.1, 0.15) is 46.8 Å². The molecule has 1 amide bonds. The Bertz CT molecular complexity index is 818. The average Bonchev–Trinajstić information content (AvgIpc) is 3.47. The normalized spacial score (nSPS) is 14.3. The molecule has 0 atom stereocenters. The van der Waals surface area contributed by atoms with E-state index in [4.69, 9.17) is 9.47 Å². The Kier molecular flexibility index (Phi) is 6.16. The quantitative estimate of drug-likeness (QED) is 0.510. The highest BCUT2D eigenvalue weighted by Crippen LogP contribution is 2.46. The van der Waals surface area contributed by atoms with Crippen LogP contribution in [0.3, 0.4) is 0 Å². The van der Waals surface area contributed by atoms with Crippen LogP contribution in [0.2, 0.25) is 0 Å². The molecule has 0 bridgehead atoms. The Morgan fingerprint density at radius 1 is 1.11 bits per heavy atom. The van der Waals surface area contributed by atoms with Crippen LogP contribution in [-0.4, -0.2) is 18.7 Å². The molecule has 1 aliphatic rings. The molecule has 6 heteroatoms. The van der Waals surface area contributed by atoms with Crippen molar-refractivity contribution in [1.82, 2.24) is 5.32 Å². The molecule has 2 aromatic rings. The van der Waals surface area contributed by atoms with Crippen molar-refractivity contribution in [1.29, 1.82) is 0 Å². The van der Waals surface area contributed by atoms with Gasteiger partial charge >= 0.3 is 12.1 Å². The van der Waals surface area contributed by atoms with E-state index in [1.165, 1.54) is 0 Å². The van der Waals surface area contributed by atoms with E-state index in [1.807, 2.05) is 48.5 Å². The maximum absolute atomic E-state index is 12.3. The van der Waals surface area contributed by atoms with Crippen LogP contribution >= 0.6 is 15.9 Å². The second kappa shape index (κ2) is 8.57. The fraction of sp³-hybridized carbons (Fsp3) is 0.333. The molecule has 0 aromatic heterocycles. The van der Waals surface area contributed by atoms with Crippen LogP contribution in [-0.2, 0) is 26.9 Å². The van der Waals surface area contributed by atoms with Crippen molar-refractivity contribution in [3.63, 3.8) is 0 Å². The summed E-state index contributed by atoms with van der Waals surface area (Å²) in [5, 5.41) is 3.52. The summed E-state index contributed by atoms with van der Waals surface area (Å²) in [6, 6.07) is 15.2. The van der Waals surface area contributed by atoms with Gasteiger partial charge < -0.3 is 14.8 Å². The zero-order chi connectivity index (χ0) is 19.3. The molecule has 0 heterocycles. The first-order chi connectivity index (χ1) is 13.1. The number of hydrogen-bond acceptors (Lipinski definition) is 4. The van der Waals surface area contributed by atoms with Crippen molar-refractivity contribution in [3.8, 4) is 0 Å². The van der Waals surface area contributed by atoms with Gasteiger partial charge in [0.25, 0.3) is 0 Å². The lowest BCUT2D eigenvalue weighted by atomic mass is 9.98. The van der Waals surface area contributed by atoms with Crippen molar-refractivity contribution in [3.05, 3.63) is 70.8 Å². The highest BCUT2D eigenvalue weighted by Gasteiger charge is 2.46. The number of carbonyl (C=O) groups is 2. The summed E-state index contributed by atoms with van der Waals surface area (Å²) in [5.74, 6) is -0.351. The lowest BCUT2D eigenvalue weighted by Crippen LogP contribution is -2.35. The third-order valence-electron chi connectivity index (χ3n) is 4.61. The largest absolute Gasteiger partial charge is 0.462 e. The summed E-state index contributed by atoms with van der Waals surface area (Å²) in [6.45, 7) is 2.32. The van der Waals surface area contributed by atoms with Gasteiger partial charge in [-0.05, 0) is 42.5 Å². The molecule has 2 aromatic carbocycles. The molecule has 0 radical (unpaired) electrons. The number of amides is 1. The molecule has 1 fully saturated rings. The molecule has 0 saturated heterocycles. The molecule has 0 aliphatic heterocycles. The standard InChI is InChI=1S/C21H22BrNO4/c1-2-26-19(24)18-12-17(9-8-16(18)13-22)21(10-11-21)23-20(25)27-14-15-6-4-3-5-7-15/h3-9,12H,2,10-11,13-14H2,1H3,(H,23,25). The van der Waals surface area contributed by atoms with Crippen LogP contribution in [0.5, 0.6) is 0 Å². The smallest absolute Gasteiger partial charge is 0.408 e. The molecule has 3 rings (SSSR count). The van der Waals surface area contributed by atoms with Crippen LogP contribution in [0.4, 0.5) is 4.79 Å². The Labute approximate surface area is 167 Å². The van der Waals surface area contributed by atoms with Crippen LogP contribution in [0, 0.1) is 0 Å². The van der Waals surface area contributed by atoms with E-state index in [0.29, 0.717) is 17.5 Å². The van der Waals surface area contributed by atoms with Gasteiger partial charge in [-0.3, -0.25) is 0 Å². The minimum absolute atomic E-state index is 0.222. The number of nitrogens with one attached hydrogen (secondary N) is 1. The van der Waals surface area contributed by atoms with Gasteiger partial charge in [-0.25, -0.2) is 9.59 Å². The Morgan fingerprint density at radius 3 is 2.48 bits per heavy atom. The van der Waals surface area contributed by atoms with Crippen molar-refractivity contribution in [2.24, 2.45) is 0 Å². The second-order valence-corrected chi connectivity index (χ2v) is 7.06. The third kappa shape index (κ3) is 4.69. The highest BCUT2D eigenvalue weighted by molar-refractivity contribution is 9.08. The summed E-state index contributed by atoms with van der Waals surface area (Å²) >= 11 is 3.40. The van der Waals surface area contributed by atoms with E-state index in [2.05, 4.69) is 21.2 Å². The summed E-state index contributed by atoms with van der Waals surface area (Å²) < 4.78 is 10.5. The molecule has 27 heavy (non-hydrogen) atoms. The van der Waals surface area contributed by atoms with E-state index in [9.17, 15) is 9.59 Å². The first-order valence-electron chi connectivity index (χ1n) is 8.93. The Hall–Kier alpha value is -2.34. The third-order valence-corrected chi connectivity index (χ3v) is 5.21. The lowest BCUT2D eigenvalue weighted by Gasteiger charge is -2.19. The summed E-state index contributed by atoms with van der Waals surface area (Å²) in [6.07, 6.45) is 1.16. The number of benzene rings is 2. The second-order valence-electron chi connectivity index (χ2n) is 6.49. The van der Waals surface area contributed by atoms with E-state index in [-0.39, 0.29) is 12.6 Å². The van der Waals surface area contributed by atoms with Gasteiger partial charge in [-0.2, -0.15) is 0 Å². The minimum Gasteiger partial charge on any atom is -0.462 e. The molecule has 0 spiro atoms. The fourth-order valence-corrected chi connectivity index (χ4v) is 3.44. The van der Waals surface area contributed by atoms with Crippen molar-refractivity contribution in [2.45, 2.75) is 37.2 Å². The van der Waals surface area contributed by atoms with Gasteiger partial charge in [0.05, 0.1) is 17.7 Å². The Balaban J connectivity index is 1.70. The average molecular weight is 432 g/mol. The number of carbonyl (C=O) groups excluding carboxylic acids is 2. The number of alkyl carbamates (subject to hydrolysis) is 1. The van der Waals surface area contributed by atoms with Gasteiger partial charge in [-0.15, -0.1) is 0 Å². The molecular formula is C21H22BrNO4. The maximum Gasteiger partial charge on any atom is 0.408 e. The van der Waals surface area contributed by atoms with E-state index in [0.717, 1.165) is 29.5 Å². The molecule has 0 unspecified atom stereocenters. The van der Waals surface area contributed by atoms with Gasteiger partial charge in [0.15, 0.2) is 0 Å². The fourth-order valence-electron chi connectivity index (χ4n) is 2.95. The highest BCUT2D eigenvalue weighted by atomic mass is 79.9. The number of ether oxygens (including phenoxy) is 2. The van der Waals surface area contributed by atoms with Crippen molar-refractivity contribution < 1.29 is 19.1 Å². The summed E-state index contributed by atoms with van der Waals surface area (Å²) in [7, 11) is 0. The zero-order valence-electron chi connectivity index (χ0n) is 15.2. The Morgan fingerprint density at radius 2 is 1.85 bits per heavy atom. The molecule has 1 aliphatic carbocycles. The van der Waals surface area contributed by atoms with Crippen molar-refractivity contribution >= 4 is 28.0 Å². The van der Waals surface area contributed by atoms with Crippen LogP contribution in [0.15, 0.2) is 48.5 Å². The predicted octanol–water partition coefficient (Wildman–Crippen LogP) is 4.67. The lowest BCUT2D eigenvalue weighted by molar-refractivity contribution is 0.0525. The molecular weight excluding hydrogens is 410 g/mol. The number of alkyl halides is 1. The first-order valence-corrected chi connectivity index (χ1v) is 10.1. The summed E-state index contributed by atoms with van der Waals surface area (Å²) in [4.78, 5) is 24.5. The predicted molar refractivity (Wildman–Crippen MR) is 106 cm³/mol. The number of esters is 1. The van der Waals surface area contributed by atoms with E-state index in [1.54, 1.807) is 6.92 Å². The SMILES string of the molecule is CCOC(=O)c1cc(C2(NC(=O)OCc3ccccc3)CC2)ccc1CBr. The zero-order valence-corrected chi connectivity index (χ0v) is 16.8. The number of halogens is 1. The van der Waals surface area contributed by atoms with Crippen LogP contribution < -0.4 is 5.32 Å². The monoisotopic (exact) mass is 431 g/mol. The van der Waals surface area contributed by atoms with Gasteiger partial charge in [0.1, 0.15) is 6.61 Å². The molecule has 1 saturated carbocycles. The molecule has 5 nitrogen and oxygen atoms in total. The van der Waals surface area contributed by atoms with Gasteiger partial charge in [-0.1, -0.05) is 58.4 Å². The molecule has 1 N–H and O–H groups in total. The number of hydrogen-bond donors (Lipinski definition) is 1.